The van der Waals surface area contributed by atoms with Gasteiger partial charge in [0, 0.05) is 4.88 Å². The van der Waals surface area contributed by atoms with E-state index in [9.17, 15) is 14.4 Å². The molecule has 22 heavy (non-hydrogen) atoms. The predicted molar refractivity (Wildman–Crippen MR) is 82.7 cm³/mol. The summed E-state index contributed by atoms with van der Waals surface area (Å²) in [6.45, 7) is 5.19. The first-order chi connectivity index (χ1) is 10.4. The Bertz CT molecular complexity index is 540. The zero-order valence-electron chi connectivity index (χ0n) is 13.2. The maximum Gasteiger partial charge on any atom is 0.348 e. The van der Waals surface area contributed by atoms with Crippen molar-refractivity contribution in [1.29, 1.82) is 0 Å². The largest absolute Gasteiger partial charge is 0.467 e. The summed E-state index contributed by atoms with van der Waals surface area (Å²) in [5.41, 5.74) is 0. The molecule has 0 aliphatic rings. The third-order valence-corrected chi connectivity index (χ3v) is 4.24. The molecule has 7 heteroatoms. The van der Waals surface area contributed by atoms with Gasteiger partial charge >= 0.3 is 11.9 Å². The highest BCUT2D eigenvalue weighted by molar-refractivity contribution is 7.13. The molecule has 0 aromatic carbocycles. The Morgan fingerprint density at radius 1 is 1.32 bits per heavy atom. The van der Waals surface area contributed by atoms with Crippen LogP contribution in [-0.2, 0) is 19.1 Å². The Kier molecular flexibility index (Phi) is 7.04. The summed E-state index contributed by atoms with van der Waals surface area (Å²) in [6, 6.07) is 2.71. The minimum Gasteiger partial charge on any atom is -0.467 e. The molecule has 0 saturated carbocycles. The van der Waals surface area contributed by atoms with Gasteiger partial charge in [0.1, 0.15) is 10.9 Å². The van der Waals surface area contributed by atoms with E-state index in [0.717, 1.165) is 4.88 Å². The molecule has 1 heterocycles. The average molecular weight is 327 g/mol. The molecule has 2 atom stereocenters. The van der Waals surface area contributed by atoms with Gasteiger partial charge in [-0.05, 0) is 25.0 Å². The highest BCUT2D eigenvalue weighted by Crippen LogP contribution is 2.16. The number of carbonyl (C=O) groups is 3. The van der Waals surface area contributed by atoms with Crippen molar-refractivity contribution in [3.8, 4) is 0 Å². The molecule has 0 aliphatic carbocycles. The lowest BCUT2D eigenvalue weighted by molar-refractivity contribution is -0.147. The number of esters is 2. The minimum atomic E-state index is -0.745. The first-order valence-corrected chi connectivity index (χ1v) is 7.81. The molecule has 1 amide bonds. The third-order valence-electron chi connectivity index (χ3n) is 3.26. The van der Waals surface area contributed by atoms with Crippen molar-refractivity contribution in [2.24, 2.45) is 5.92 Å². The van der Waals surface area contributed by atoms with Crippen molar-refractivity contribution in [1.82, 2.24) is 5.32 Å². The second-order valence-electron chi connectivity index (χ2n) is 4.94. The number of thiophene rings is 1. The predicted octanol–water partition coefficient (Wildman–Crippen LogP) is 1.92. The van der Waals surface area contributed by atoms with Crippen molar-refractivity contribution in [3.05, 3.63) is 21.9 Å². The van der Waals surface area contributed by atoms with Crippen LogP contribution in [0.1, 0.15) is 34.8 Å². The third kappa shape index (κ3) is 5.14. The van der Waals surface area contributed by atoms with E-state index in [2.05, 4.69) is 10.1 Å². The van der Waals surface area contributed by atoms with Crippen molar-refractivity contribution in [2.45, 2.75) is 33.2 Å². The van der Waals surface area contributed by atoms with E-state index in [-0.39, 0.29) is 5.92 Å². The standard InChI is InChI=1S/C15H21NO5S/c1-5-9(2)13(15(19)20-4)16-12(17)8-21-14(18)11-7-6-10(3)22-11/h6-7,9,13H,5,8H2,1-4H3,(H,16,17). The molecule has 0 bridgehead atoms. The average Bonchev–Trinajstić information content (AvgIpc) is 2.95. The fourth-order valence-corrected chi connectivity index (χ4v) is 2.52. The second kappa shape index (κ2) is 8.53. The van der Waals surface area contributed by atoms with Gasteiger partial charge in [-0.25, -0.2) is 9.59 Å². The molecule has 1 rings (SSSR count). The number of rotatable bonds is 7. The van der Waals surface area contributed by atoms with E-state index in [0.29, 0.717) is 11.3 Å². The monoisotopic (exact) mass is 327 g/mol. The van der Waals surface area contributed by atoms with Crippen LogP contribution in [0.4, 0.5) is 0 Å². The van der Waals surface area contributed by atoms with E-state index in [4.69, 9.17) is 4.74 Å². The zero-order valence-corrected chi connectivity index (χ0v) is 14.0. The number of ether oxygens (including phenoxy) is 2. The number of hydrogen-bond acceptors (Lipinski definition) is 6. The van der Waals surface area contributed by atoms with Crippen LogP contribution in [0, 0.1) is 12.8 Å². The van der Waals surface area contributed by atoms with E-state index >= 15 is 0 Å². The topological polar surface area (TPSA) is 81.7 Å². The lowest BCUT2D eigenvalue weighted by atomic mass is 9.99. The normalized spacial score (nSPS) is 13.1. The lowest BCUT2D eigenvalue weighted by Crippen LogP contribution is -2.47. The quantitative estimate of drug-likeness (QED) is 0.774. The molecular weight excluding hydrogens is 306 g/mol. The minimum absolute atomic E-state index is 0.0768. The second-order valence-corrected chi connectivity index (χ2v) is 6.23. The Balaban J connectivity index is 2.53. The number of hydrogen-bond donors (Lipinski definition) is 1. The number of carbonyl (C=O) groups excluding carboxylic acids is 3. The molecule has 0 aliphatic heterocycles. The van der Waals surface area contributed by atoms with Crippen LogP contribution in [0.2, 0.25) is 0 Å². The van der Waals surface area contributed by atoms with Crippen LogP contribution in [0.15, 0.2) is 12.1 Å². The zero-order chi connectivity index (χ0) is 16.7. The van der Waals surface area contributed by atoms with E-state index in [1.165, 1.54) is 18.4 Å². The summed E-state index contributed by atoms with van der Waals surface area (Å²) >= 11 is 1.30. The van der Waals surface area contributed by atoms with E-state index < -0.39 is 30.5 Å². The molecule has 1 aromatic heterocycles. The molecule has 1 N–H and O–H groups in total. The fourth-order valence-electron chi connectivity index (χ4n) is 1.76. The van der Waals surface area contributed by atoms with Gasteiger partial charge in [0.25, 0.3) is 5.91 Å². The summed E-state index contributed by atoms with van der Waals surface area (Å²) in [5.74, 6) is -1.67. The van der Waals surface area contributed by atoms with E-state index in [1.807, 2.05) is 20.8 Å². The Labute approximate surface area is 133 Å². The van der Waals surface area contributed by atoms with Crippen LogP contribution in [0.5, 0.6) is 0 Å². The smallest absolute Gasteiger partial charge is 0.348 e. The van der Waals surface area contributed by atoms with Gasteiger partial charge in [-0.3, -0.25) is 4.79 Å². The maximum atomic E-state index is 11.8. The van der Waals surface area contributed by atoms with Gasteiger partial charge in [-0.2, -0.15) is 0 Å². The molecule has 1 aromatic rings. The Hall–Kier alpha value is -1.89. The molecule has 2 unspecified atom stereocenters. The van der Waals surface area contributed by atoms with Gasteiger partial charge in [0.15, 0.2) is 6.61 Å². The van der Waals surface area contributed by atoms with Gasteiger partial charge in [0.05, 0.1) is 7.11 Å². The van der Waals surface area contributed by atoms with Gasteiger partial charge in [0.2, 0.25) is 0 Å². The number of amides is 1. The molecule has 0 radical (unpaired) electrons. The first-order valence-electron chi connectivity index (χ1n) is 6.99. The van der Waals surface area contributed by atoms with Crippen molar-refractivity contribution < 1.29 is 23.9 Å². The van der Waals surface area contributed by atoms with Gasteiger partial charge in [-0.15, -0.1) is 11.3 Å². The van der Waals surface area contributed by atoms with Gasteiger partial charge in [-0.1, -0.05) is 20.3 Å². The number of methoxy groups -OCH3 is 1. The SMILES string of the molecule is CCC(C)C(NC(=O)COC(=O)c1ccc(C)s1)C(=O)OC. The Morgan fingerprint density at radius 2 is 2.00 bits per heavy atom. The lowest BCUT2D eigenvalue weighted by Gasteiger charge is -2.21. The highest BCUT2D eigenvalue weighted by atomic mass is 32.1. The van der Waals surface area contributed by atoms with Crippen LogP contribution in [0.25, 0.3) is 0 Å². The first kappa shape index (κ1) is 18.2. The highest BCUT2D eigenvalue weighted by Gasteiger charge is 2.27. The molecule has 0 saturated heterocycles. The van der Waals surface area contributed by atoms with Gasteiger partial charge < -0.3 is 14.8 Å². The number of aryl methyl sites for hydroxylation is 1. The van der Waals surface area contributed by atoms with Crippen LogP contribution < -0.4 is 5.32 Å². The molecular formula is C15H21NO5S. The summed E-state index contributed by atoms with van der Waals surface area (Å²) in [7, 11) is 1.27. The van der Waals surface area contributed by atoms with Crippen molar-refractivity contribution in [2.75, 3.05) is 13.7 Å². The van der Waals surface area contributed by atoms with E-state index in [1.54, 1.807) is 12.1 Å². The van der Waals surface area contributed by atoms with Crippen LogP contribution in [0.3, 0.4) is 0 Å². The van der Waals surface area contributed by atoms with Crippen molar-refractivity contribution in [3.63, 3.8) is 0 Å². The molecule has 0 spiro atoms. The molecule has 6 nitrogen and oxygen atoms in total. The summed E-state index contributed by atoms with van der Waals surface area (Å²) in [6.07, 6.45) is 0.703. The van der Waals surface area contributed by atoms with Crippen molar-refractivity contribution >= 4 is 29.2 Å². The maximum absolute atomic E-state index is 11.8. The number of nitrogens with one attached hydrogen (secondary N) is 1. The summed E-state index contributed by atoms with van der Waals surface area (Å²) < 4.78 is 9.61. The molecule has 122 valence electrons. The summed E-state index contributed by atoms with van der Waals surface area (Å²) in [4.78, 5) is 36.7. The summed E-state index contributed by atoms with van der Waals surface area (Å²) in [5, 5.41) is 2.54. The molecule has 0 fully saturated rings. The van der Waals surface area contributed by atoms with Crippen LogP contribution in [-0.4, -0.2) is 37.6 Å². The van der Waals surface area contributed by atoms with Crippen LogP contribution >= 0.6 is 11.3 Å². The Morgan fingerprint density at radius 3 is 2.50 bits per heavy atom. The fraction of sp³-hybridized carbons (Fsp3) is 0.533.